The fourth-order valence-corrected chi connectivity index (χ4v) is 3.21. The van der Waals surface area contributed by atoms with E-state index in [0.717, 1.165) is 13.0 Å². The first-order valence-electron chi connectivity index (χ1n) is 6.59. The van der Waals surface area contributed by atoms with Crippen LogP contribution >= 0.6 is 11.6 Å². The van der Waals surface area contributed by atoms with Gasteiger partial charge in [0, 0.05) is 12.6 Å². The number of halogens is 1. The molecule has 1 aliphatic carbocycles. The van der Waals surface area contributed by atoms with Crippen molar-refractivity contribution in [2.75, 3.05) is 20.2 Å². The summed E-state index contributed by atoms with van der Waals surface area (Å²) in [5.41, 5.74) is 0. The van der Waals surface area contributed by atoms with E-state index in [0.29, 0.717) is 18.3 Å². The molecule has 2 N–H and O–H groups in total. The van der Waals surface area contributed by atoms with Crippen LogP contribution < -0.4 is 14.8 Å². The molecule has 1 fully saturated rings. The first-order chi connectivity index (χ1) is 9.53. The Morgan fingerprint density at radius 3 is 2.70 bits per heavy atom. The predicted molar refractivity (Wildman–Crippen MR) is 78.8 cm³/mol. The Hall–Kier alpha value is -0.820. The minimum absolute atomic E-state index is 0.151. The summed E-state index contributed by atoms with van der Waals surface area (Å²) in [5.74, 6) is 0.458. The largest absolute Gasteiger partial charge is 0.495 e. The Bertz CT molecular complexity index is 559. The minimum Gasteiger partial charge on any atom is -0.495 e. The van der Waals surface area contributed by atoms with Gasteiger partial charge in [-0.2, -0.15) is 0 Å². The smallest absolute Gasteiger partial charge is 0.240 e. The first kappa shape index (κ1) is 15.6. The van der Waals surface area contributed by atoms with Crippen LogP contribution in [0.4, 0.5) is 0 Å². The van der Waals surface area contributed by atoms with Crippen molar-refractivity contribution in [1.29, 1.82) is 0 Å². The normalized spacial score (nSPS) is 15.3. The lowest BCUT2D eigenvalue weighted by molar-refractivity contribution is 0.414. The van der Waals surface area contributed by atoms with E-state index < -0.39 is 10.0 Å². The maximum atomic E-state index is 12.1. The number of methoxy groups -OCH3 is 1. The van der Waals surface area contributed by atoms with Crippen LogP contribution in [0.1, 0.15) is 19.3 Å². The van der Waals surface area contributed by atoms with Crippen molar-refractivity contribution in [2.45, 2.75) is 30.2 Å². The van der Waals surface area contributed by atoms with Crippen LogP contribution in [-0.4, -0.2) is 34.7 Å². The van der Waals surface area contributed by atoms with E-state index in [9.17, 15) is 8.42 Å². The highest BCUT2D eigenvalue weighted by Gasteiger charge is 2.20. The molecule has 0 aliphatic heterocycles. The zero-order valence-electron chi connectivity index (χ0n) is 11.4. The molecule has 0 radical (unpaired) electrons. The van der Waals surface area contributed by atoms with Crippen LogP contribution in [0.5, 0.6) is 5.75 Å². The Morgan fingerprint density at radius 1 is 1.35 bits per heavy atom. The Kier molecular flexibility index (Phi) is 5.26. The van der Waals surface area contributed by atoms with Gasteiger partial charge in [-0.05, 0) is 44.0 Å². The van der Waals surface area contributed by atoms with Gasteiger partial charge in [0.15, 0.2) is 0 Å². The third-order valence-corrected chi connectivity index (χ3v) is 4.84. The highest BCUT2D eigenvalue weighted by molar-refractivity contribution is 7.89. The third-order valence-electron chi connectivity index (χ3n) is 3.09. The van der Waals surface area contributed by atoms with Gasteiger partial charge in [0.1, 0.15) is 5.75 Å². The molecule has 0 spiro atoms. The number of hydrogen-bond donors (Lipinski definition) is 2. The molecule has 1 saturated carbocycles. The molecule has 0 unspecified atom stereocenters. The van der Waals surface area contributed by atoms with E-state index in [2.05, 4.69) is 10.0 Å². The lowest BCUT2D eigenvalue weighted by Crippen LogP contribution is -2.28. The number of sulfonamides is 1. The Morgan fingerprint density at radius 2 is 2.10 bits per heavy atom. The number of hydrogen-bond acceptors (Lipinski definition) is 4. The lowest BCUT2D eigenvalue weighted by atomic mass is 10.3. The van der Waals surface area contributed by atoms with Crippen LogP contribution in [0.25, 0.3) is 0 Å². The molecule has 0 amide bonds. The van der Waals surface area contributed by atoms with Crippen molar-refractivity contribution in [1.82, 2.24) is 10.0 Å². The molecular formula is C13H19ClN2O3S. The molecule has 0 aromatic heterocycles. The van der Waals surface area contributed by atoms with Gasteiger partial charge >= 0.3 is 0 Å². The van der Waals surface area contributed by atoms with E-state index >= 15 is 0 Å². The summed E-state index contributed by atoms with van der Waals surface area (Å²) in [4.78, 5) is 0.151. The molecule has 0 bridgehead atoms. The van der Waals surface area contributed by atoms with Crippen LogP contribution in [0, 0.1) is 0 Å². The molecule has 20 heavy (non-hydrogen) atoms. The molecule has 2 rings (SSSR count). The standard InChI is InChI=1S/C13H19ClN2O3S/c1-19-13-6-5-11(9-12(13)14)20(17,18)16-8-2-7-15-10-3-4-10/h5-6,9-10,15-16H,2-4,7-8H2,1H3. The van der Waals surface area contributed by atoms with Crippen LogP contribution in [0.3, 0.4) is 0 Å². The van der Waals surface area contributed by atoms with E-state index in [1.54, 1.807) is 6.07 Å². The second kappa shape index (κ2) is 6.76. The van der Waals surface area contributed by atoms with Crippen LogP contribution in [-0.2, 0) is 10.0 Å². The van der Waals surface area contributed by atoms with Gasteiger partial charge in [-0.3, -0.25) is 0 Å². The summed E-state index contributed by atoms with van der Waals surface area (Å²) < 4.78 is 31.7. The number of benzene rings is 1. The second-order valence-corrected chi connectivity index (χ2v) is 6.95. The maximum absolute atomic E-state index is 12.1. The van der Waals surface area contributed by atoms with Gasteiger partial charge in [-0.15, -0.1) is 0 Å². The van der Waals surface area contributed by atoms with Crippen molar-refractivity contribution in [3.63, 3.8) is 0 Å². The fourth-order valence-electron chi connectivity index (χ4n) is 1.79. The number of rotatable bonds is 8. The molecule has 1 aromatic rings. The highest BCUT2D eigenvalue weighted by atomic mass is 35.5. The van der Waals surface area contributed by atoms with Gasteiger partial charge < -0.3 is 10.1 Å². The van der Waals surface area contributed by atoms with Gasteiger partial charge in [0.2, 0.25) is 10.0 Å². The van der Waals surface area contributed by atoms with E-state index in [4.69, 9.17) is 16.3 Å². The predicted octanol–water partition coefficient (Wildman–Crippen LogP) is 1.77. The molecule has 0 saturated heterocycles. The second-order valence-electron chi connectivity index (χ2n) is 4.78. The molecule has 1 aromatic carbocycles. The van der Waals surface area contributed by atoms with E-state index in [1.807, 2.05) is 0 Å². The topological polar surface area (TPSA) is 67.4 Å². The zero-order chi connectivity index (χ0) is 14.6. The summed E-state index contributed by atoms with van der Waals surface area (Å²) in [7, 11) is -2.02. The number of nitrogens with one attached hydrogen (secondary N) is 2. The molecule has 5 nitrogen and oxygen atoms in total. The maximum Gasteiger partial charge on any atom is 0.240 e. The first-order valence-corrected chi connectivity index (χ1v) is 8.45. The van der Waals surface area contributed by atoms with Crippen molar-refractivity contribution in [3.8, 4) is 5.75 Å². The molecule has 7 heteroatoms. The monoisotopic (exact) mass is 318 g/mol. The van der Waals surface area contributed by atoms with Crippen LogP contribution in [0.2, 0.25) is 5.02 Å². The van der Waals surface area contributed by atoms with Crippen molar-refractivity contribution < 1.29 is 13.2 Å². The van der Waals surface area contributed by atoms with Gasteiger partial charge in [-0.25, -0.2) is 13.1 Å². The molecular weight excluding hydrogens is 300 g/mol. The molecule has 112 valence electrons. The Balaban J connectivity index is 1.86. The van der Waals surface area contributed by atoms with Gasteiger partial charge in [0.25, 0.3) is 0 Å². The average Bonchev–Trinajstić information content (AvgIpc) is 3.22. The Labute approximate surface area is 124 Å². The number of ether oxygens (including phenoxy) is 1. The van der Waals surface area contributed by atoms with E-state index in [1.165, 1.54) is 32.1 Å². The lowest BCUT2D eigenvalue weighted by Gasteiger charge is -2.09. The summed E-state index contributed by atoms with van der Waals surface area (Å²) >= 11 is 5.93. The van der Waals surface area contributed by atoms with Gasteiger partial charge in [-0.1, -0.05) is 11.6 Å². The average molecular weight is 319 g/mol. The highest BCUT2D eigenvalue weighted by Crippen LogP contribution is 2.26. The fraction of sp³-hybridized carbons (Fsp3) is 0.538. The summed E-state index contributed by atoms with van der Waals surface area (Å²) in [6.45, 7) is 1.24. The van der Waals surface area contributed by atoms with Crippen molar-refractivity contribution in [2.24, 2.45) is 0 Å². The third kappa shape index (κ3) is 4.34. The van der Waals surface area contributed by atoms with Crippen LogP contribution in [0.15, 0.2) is 23.1 Å². The van der Waals surface area contributed by atoms with Crippen molar-refractivity contribution >= 4 is 21.6 Å². The molecule has 0 atom stereocenters. The zero-order valence-corrected chi connectivity index (χ0v) is 12.9. The van der Waals surface area contributed by atoms with Gasteiger partial charge in [0.05, 0.1) is 17.0 Å². The quantitative estimate of drug-likeness (QED) is 0.717. The van der Waals surface area contributed by atoms with Crippen molar-refractivity contribution in [3.05, 3.63) is 23.2 Å². The SMILES string of the molecule is COc1ccc(S(=O)(=O)NCCCNC2CC2)cc1Cl. The molecule has 0 heterocycles. The minimum atomic E-state index is -3.51. The summed E-state index contributed by atoms with van der Waals surface area (Å²) in [5, 5.41) is 3.62. The summed E-state index contributed by atoms with van der Waals surface area (Å²) in [6, 6.07) is 5.07. The summed E-state index contributed by atoms with van der Waals surface area (Å²) in [6.07, 6.45) is 3.23. The van der Waals surface area contributed by atoms with E-state index in [-0.39, 0.29) is 9.92 Å². The molecule has 1 aliphatic rings.